The first-order valence-corrected chi connectivity index (χ1v) is 9.91. The summed E-state index contributed by atoms with van der Waals surface area (Å²) in [6.45, 7) is 7.19. The minimum atomic E-state index is -0.198. The Labute approximate surface area is 157 Å². The number of furan rings is 1. The van der Waals surface area contributed by atoms with Crippen molar-refractivity contribution in [3.05, 3.63) is 39.7 Å². The van der Waals surface area contributed by atoms with Crippen LogP contribution in [0.15, 0.2) is 22.1 Å². The fourth-order valence-electron chi connectivity index (χ4n) is 3.90. The molecule has 1 unspecified atom stereocenters. The summed E-state index contributed by atoms with van der Waals surface area (Å²) in [6, 6.07) is 1.82. The predicted molar refractivity (Wildman–Crippen MR) is 97.3 cm³/mol. The molecule has 0 N–H and O–H groups in total. The molecule has 2 fully saturated rings. The van der Waals surface area contributed by atoms with E-state index in [9.17, 15) is 4.79 Å². The largest absolute Gasteiger partial charge is 0.459 e. The second-order valence-corrected chi connectivity index (χ2v) is 8.25. The van der Waals surface area contributed by atoms with Crippen LogP contribution in [0.3, 0.4) is 0 Å². The molecule has 0 aromatic carbocycles. The van der Waals surface area contributed by atoms with E-state index < -0.39 is 0 Å². The summed E-state index contributed by atoms with van der Waals surface area (Å²) >= 11 is 1.65. The van der Waals surface area contributed by atoms with Gasteiger partial charge in [-0.3, -0.25) is 4.79 Å². The Kier molecular flexibility index (Phi) is 4.86. The molecule has 4 rings (SSSR count). The highest BCUT2D eigenvalue weighted by Crippen LogP contribution is 2.42. The second kappa shape index (κ2) is 7.13. The van der Waals surface area contributed by atoms with E-state index in [1.807, 2.05) is 30.2 Å². The molecule has 2 aromatic heterocycles. The molecule has 140 valence electrons. The van der Waals surface area contributed by atoms with Gasteiger partial charge in [-0.05, 0) is 38.7 Å². The lowest BCUT2D eigenvalue weighted by atomic mass is 9.79. The number of rotatable bonds is 6. The van der Waals surface area contributed by atoms with Gasteiger partial charge in [0.15, 0.2) is 5.76 Å². The maximum absolute atomic E-state index is 12.5. The summed E-state index contributed by atoms with van der Waals surface area (Å²) in [7, 11) is 0. The Hall–Kier alpha value is -1.70. The van der Waals surface area contributed by atoms with Gasteiger partial charge in [0.05, 0.1) is 36.7 Å². The van der Waals surface area contributed by atoms with E-state index in [0.717, 1.165) is 35.7 Å². The van der Waals surface area contributed by atoms with Gasteiger partial charge in [-0.25, -0.2) is 4.98 Å². The monoisotopic (exact) mass is 376 g/mol. The minimum Gasteiger partial charge on any atom is -0.459 e. The first kappa shape index (κ1) is 17.7. The van der Waals surface area contributed by atoms with E-state index in [2.05, 4.69) is 4.98 Å². The summed E-state index contributed by atoms with van der Waals surface area (Å²) in [5.74, 6) is 0.834. The highest BCUT2D eigenvalue weighted by atomic mass is 32.1. The Bertz CT molecular complexity index is 778. The van der Waals surface area contributed by atoms with Crippen molar-refractivity contribution in [3.8, 4) is 0 Å². The Morgan fingerprint density at radius 3 is 3.00 bits per heavy atom. The average molecular weight is 376 g/mol. The third-order valence-electron chi connectivity index (χ3n) is 5.39. The third-order valence-corrected chi connectivity index (χ3v) is 6.21. The van der Waals surface area contributed by atoms with Crippen molar-refractivity contribution in [2.24, 2.45) is 5.92 Å². The maximum Gasteiger partial charge on any atom is 0.290 e. The van der Waals surface area contributed by atoms with Gasteiger partial charge in [0.25, 0.3) is 5.91 Å². The van der Waals surface area contributed by atoms with Crippen LogP contribution < -0.4 is 0 Å². The number of hydrogen-bond acceptors (Lipinski definition) is 6. The van der Waals surface area contributed by atoms with Crippen LogP contribution in [-0.4, -0.2) is 47.7 Å². The molecule has 2 saturated heterocycles. The topological polar surface area (TPSA) is 64.8 Å². The molecular weight excluding hydrogens is 352 g/mol. The first-order valence-electron chi connectivity index (χ1n) is 9.03. The molecule has 0 aliphatic carbocycles. The van der Waals surface area contributed by atoms with E-state index in [-0.39, 0.29) is 11.5 Å². The van der Waals surface area contributed by atoms with Crippen molar-refractivity contribution >= 4 is 17.2 Å². The summed E-state index contributed by atoms with van der Waals surface area (Å²) in [4.78, 5) is 18.8. The lowest BCUT2D eigenvalue weighted by Gasteiger charge is -2.50. The smallest absolute Gasteiger partial charge is 0.290 e. The fourth-order valence-corrected chi connectivity index (χ4v) is 4.50. The number of carbonyl (C=O) groups excluding carboxylic acids is 1. The SMILES string of the molecule is Cc1nc(COCCC2CCOC23CN(C(=O)c2occc2C)C3)cs1. The summed E-state index contributed by atoms with van der Waals surface area (Å²) in [5, 5.41) is 3.11. The van der Waals surface area contributed by atoms with E-state index in [1.165, 1.54) is 0 Å². The lowest BCUT2D eigenvalue weighted by molar-refractivity contribution is -0.121. The number of thiazole rings is 1. The molecule has 26 heavy (non-hydrogen) atoms. The maximum atomic E-state index is 12.5. The minimum absolute atomic E-state index is 0.0393. The van der Waals surface area contributed by atoms with Crippen LogP contribution in [0.5, 0.6) is 0 Å². The van der Waals surface area contributed by atoms with Crippen LogP contribution in [0.1, 0.15) is 39.7 Å². The summed E-state index contributed by atoms with van der Waals surface area (Å²) < 4.78 is 17.2. The Balaban J connectivity index is 1.26. The van der Waals surface area contributed by atoms with Crippen molar-refractivity contribution in [1.29, 1.82) is 0 Å². The van der Waals surface area contributed by atoms with Gasteiger partial charge in [0.2, 0.25) is 0 Å². The normalized spacial score (nSPS) is 21.3. The van der Waals surface area contributed by atoms with Crippen LogP contribution in [0.4, 0.5) is 0 Å². The number of carbonyl (C=O) groups is 1. The van der Waals surface area contributed by atoms with Gasteiger partial charge in [0.1, 0.15) is 5.60 Å². The van der Waals surface area contributed by atoms with Gasteiger partial charge in [0, 0.05) is 24.2 Å². The van der Waals surface area contributed by atoms with E-state index in [4.69, 9.17) is 13.9 Å². The van der Waals surface area contributed by atoms with Crippen LogP contribution in [0.25, 0.3) is 0 Å². The number of nitrogens with zero attached hydrogens (tertiary/aromatic N) is 2. The summed E-state index contributed by atoms with van der Waals surface area (Å²) in [5.41, 5.74) is 1.68. The van der Waals surface area contributed by atoms with Crippen LogP contribution >= 0.6 is 11.3 Å². The van der Waals surface area contributed by atoms with Crippen molar-refractivity contribution in [3.63, 3.8) is 0 Å². The van der Waals surface area contributed by atoms with E-state index in [0.29, 0.717) is 38.0 Å². The van der Waals surface area contributed by atoms with Crippen LogP contribution in [0.2, 0.25) is 0 Å². The van der Waals surface area contributed by atoms with E-state index >= 15 is 0 Å². The molecular formula is C19H24N2O4S. The van der Waals surface area contributed by atoms with Crippen molar-refractivity contribution in [2.45, 2.75) is 38.9 Å². The zero-order valence-electron chi connectivity index (χ0n) is 15.2. The summed E-state index contributed by atoms with van der Waals surface area (Å²) in [6.07, 6.45) is 3.54. The van der Waals surface area contributed by atoms with Gasteiger partial charge < -0.3 is 18.8 Å². The predicted octanol–water partition coefficient (Wildman–Crippen LogP) is 3.19. The van der Waals surface area contributed by atoms with Gasteiger partial charge >= 0.3 is 0 Å². The first-order chi connectivity index (χ1) is 12.6. The zero-order chi connectivity index (χ0) is 18.1. The number of aromatic nitrogens is 1. The zero-order valence-corrected chi connectivity index (χ0v) is 16.0. The van der Waals surface area contributed by atoms with Crippen LogP contribution in [-0.2, 0) is 16.1 Å². The second-order valence-electron chi connectivity index (χ2n) is 7.19. The molecule has 2 aliphatic heterocycles. The molecule has 0 saturated carbocycles. The third kappa shape index (κ3) is 3.31. The lowest BCUT2D eigenvalue weighted by Crippen LogP contribution is -2.66. The molecule has 4 heterocycles. The quantitative estimate of drug-likeness (QED) is 0.725. The molecule has 2 aliphatic rings. The van der Waals surface area contributed by atoms with E-state index in [1.54, 1.807) is 17.6 Å². The molecule has 0 bridgehead atoms. The molecule has 6 nitrogen and oxygen atoms in total. The Morgan fingerprint density at radius 1 is 1.46 bits per heavy atom. The van der Waals surface area contributed by atoms with Crippen molar-refractivity contribution in [2.75, 3.05) is 26.3 Å². The number of aryl methyl sites for hydroxylation is 2. The highest BCUT2D eigenvalue weighted by Gasteiger charge is 2.54. The average Bonchev–Trinajstić information content (AvgIpc) is 3.29. The Morgan fingerprint density at radius 2 is 2.31 bits per heavy atom. The molecule has 7 heteroatoms. The van der Waals surface area contributed by atoms with Gasteiger partial charge in [-0.1, -0.05) is 0 Å². The van der Waals surface area contributed by atoms with Gasteiger partial charge in [-0.2, -0.15) is 0 Å². The molecule has 1 spiro atoms. The molecule has 1 amide bonds. The van der Waals surface area contributed by atoms with Crippen molar-refractivity contribution < 1.29 is 18.7 Å². The molecule has 1 atom stereocenters. The molecule has 2 aromatic rings. The number of likely N-dealkylation sites (tertiary alicyclic amines) is 1. The van der Waals surface area contributed by atoms with Crippen molar-refractivity contribution in [1.82, 2.24) is 9.88 Å². The molecule has 0 radical (unpaired) electrons. The van der Waals surface area contributed by atoms with Gasteiger partial charge in [-0.15, -0.1) is 11.3 Å². The standard InChI is InChI=1S/C19H24N2O4S/c1-13-3-7-24-17(13)18(22)21-11-19(12-21)15(5-8-25-19)4-6-23-9-16-10-26-14(2)20-16/h3,7,10,15H,4-6,8-9,11-12H2,1-2H3. The highest BCUT2D eigenvalue weighted by molar-refractivity contribution is 7.09. The number of amides is 1. The van der Waals surface area contributed by atoms with Crippen LogP contribution in [0, 0.1) is 19.8 Å². The number of ether oxygens (including phenoxy) is 2. The number of hydrogen-bond donors (Lipinski definition) is 0. The fraction of sp³-hybridized carbons (Fsp3) is 0.579.